The zero-order valence-corrected chi connectivity index (χ0v) is 14.1. The average Bonchev–Trinajstić information content (AvgIpc) is 3.20. The van der Waals surface area contributed by atoms with Crippen LogP contribution in [0.4, 0.5) is 8.78 Å². The largest absolute Gasteiger partial charge is 0.338 e. The molecule has 1 heterocycles. The molecule has 1 saturated carbocycles. The maximum atomic E-state index is 12.9. The van der Waals surface area contributed by atoms with Crippen LogP contribution in [0.15, 0.2) is 41.1 Å². The van der Waals surface area contributed by atoms with E-state index in [-0.39, 0.29) is 18.3 Å². The number of hydrogen-bond donors (Lipinski definition) is 0. The molecule has 1 aromatic heterocycles. The van der Waals surface area contributed by atoms with Crippen molar-refractivity contribution in [1.29, 1.82) is 0 Å². The first-order chi connectivity index (χ1) is 10.9. The predicted octanol–water partition coefficient (Wildman–Crippen LogP) is 3.73. The highest BCUT2D eigenvalue weighted by molar-refractivity contribution is 9.10. The summed E-state index contributed by atoms with van der Waals surface area (Å²) >= 11 is 3.42. The number of carbonyl (C=O) groups excluding carboxylic acids is 1. The van der Waals surface area contributed by atoms with E-state index in [4.69, 9.17) is 0 Å². The molecular formula is C16H16BrF2N3O. The first kappa shape index (κ1) is 16.1. The van der Waals surface area contributed by atoms with E-state index in [1.807, 2.05) is 24.3 Å². The summed E-state index contributed by atoms with van der Waals surface area (Å²) in [5.74, 6) is 0.125. The van der Waals surface area contributed by atoms with Gasteiger partial charge < -0.3 is 4.90 Å². The number of halogens is 3. The number of alkyl halides is 2. The lowest BCUT2D eigenvalue weighted by molar-refractivity contribution is -0.133. The van der Waals surface area contributed by atoms with Crippen molar-refractivity contribution in [1.82, 2.24) is 14.5 Å². The smallest absolute Gasteiger partial charge is 0.319 e. The van der Waals surface area contributed by atoms with Crippen LogP contribution >= 0.6 is 15.9 Å². The van der Waals surface area contributed by atoms with E-state index in [1.165, 1.54) is 17.3 Å². The standard InChI is InChI=1S/C16H16BrF2N3O/c1-21(10-13-20-7-8-22(13)15(18)19)14(23)16(5-6-16)11-3-2-4-12(17)9-11/h2-4,7-9,15H,5-6,10H2,1H3. The second kappa shape index (κ2) is 6.03. The minimum absolute atomic E-state index is 0.0561. The zero-order valence-electron chi connectivity index (χ0n) is 12.5. The van der Waals surface area contributed by atoms with Gasteiger partial charge >= 0.3 is 6.55 Å². The molecule has 4 nitrogen and oxygen atoms in total. The van der Waals surface area contributed by atoms with Gasteiger partial charge in [0.1, 0.15) is 5.82 Å². The Kier molecular flexibility index (Phi) is 4.23. The average molecular weight is 384 g/mol. The maximum absolute atomic E-state index is 12.9. The van der Waals surface area contributed by atoms with Crippen molar-refractivity contribution in [3.63, 3.8) is 0 Å². The monoisotopic (exact) mass is 383 g/mol. The van der Waals surface area contributed by atoms with Crippen molar-refractivity contribution >= 4 is 21.8 Å². The van der Waals surface area contributed by atoms with Crippen LogP contribution in [0.2, 0.25) is 0 Å². The molecule has 1 aliphatic rings. The van der Waals surface area contributed by atoms with Crippen molar-refractivity contribution in [3.8, 4) is 0 Å². The van der Waals surface area contributed by atoms with Crippen LogP contribution < -0.4 is 0 Å². The number of aromatic nitrogens is 2. The Bertz CT molecular complexity index is 728. The normalized spacial score (nSPS) is 15.7. The van der Waals surface area contributed by atoms with Crippen LogP contribution in [0, 0.1) is 0 Å². The first-order valence-corrected chi connectivity index (χ1v) is 8.05. The van der Waals surface area contributed by atoms with E-state index in [0.29, 0.717) is 0 Å². The minimum Gasteiger partial charge on any atom is -0.338 e. The molecule has 0 spiro atoms. The molecule has 2 aromatic rings. The highest BCUT2D eigenvalue weighted by atomic mass is 79.9. The van der Waals surface area contributed by atoms with E-state index in [9.17, 15) is 13.6 Å². The van der Waals surface area contributed by atoms with Crippen molar-refractivity contribution in [2.75, 3.05) is 7.05 Å². The van der Waals surface area contributed by atoms with Crippen molar-refractivity contribution in [2.45, 2.75) is 31.4 Å². The lowest BCUT2D eigenvalue weighted by Crippen LogP contribution is -2.36. The zero-order chi connectivity index (χ0) is 16.6. The summed E-state index contributed by atoms with van der Waals surface area (Å²) in [6.45, 7) is -2.60. The number of rotatable bonds is 5. The van der Waals surface area contributed by atoms with Gasteiger partial charge in [0.25, 0.3) is 0 Å². The number of imidazole rings is 1. The molecule has 0 atom stereocenters. The number of amides is 1. The Labute approximate surface area is 141 Å². The second-order valence-corrected chi connectivity index (χ2v) is 6.70. The van der Waals surface area contributed by atoms with Gasteiger partial charge in [0, 0.05) is 23.9 Å². The van der Waals surface area contributed by atoms with Crippen LogP contribution in [0.25, 0.3) is 0 Å². The predicted molar refractivity (Wildman–Crippen MR) is 85.0 cm³/mol. The number of hydrogen-bond acceptors (Lipinski definition) is 2. The quantitative estimate of drug-likeness (QED) is 0.788. The third kappa shape index (κ3) is 3.02. The highest BCUT2D eigenvalue weighted by Crippen LogP contribution is 2.50. The summed E-state index contributed by atoms with van der Waals surface area (Å²) in [6.07, 6.45) is 4.09. The molecule has 23 heavy (non-hydrogen) atoms. The van der Waals surface area contributed by atoms with Crippen LogP contribution in [-0.2, 0) is 16.8 Å². The van der Waals surface area contributed by atoms with Gasteiger partial charge in [0.15, 0.2) is 0 Å². The molecular weight excluding hydrogens is 368 g/mol. The van der Waals surface area contributed by atoms with Crippen LogP contribution in [-0.4, -0.2) is 27.4 Å². The van der Waals surface area contributed by atoms with Gasteiger partial charge in [-0.25, -0.2) is 4.98 Å². The van der Waals surface area contributed by atoms with Gasteiger partial charge in [-0.1, -0.05) is 28.1 Å². The van der Waals surface area contributed by atoms with Crippen molar-refractivity contribution < 1.29 is 13.6 Å². The van der Waals surface area contributed by atoms with E-state index >= 15 is 0 Å². The van der Waals surface area contributed by atoms with E-state index in [2.05, 4.69) is 20.9 Å². The molecule has 0 bridgehead atoms. The van der Waals surface area contributed by atoms with Gasteiger partial charge in [-0.2, -0.15) is 8.78 Å². The van der Waals surface area contributed by atoms with Crippen molar-refractivity contribution in [3.05, 3.63) is 52.5 Å². The Morgan fingerprint density at radius 1 is 1.48 bits per heavy atom. The molecule has 0 radical (unpaired) electrons. The van der Waals surface area contributed by atoms with Gasteiger partial charge in [0.05, 0.1) is 12.0 Å². The van der Waals surface area contributed by atoms with E-state index < -0.39 is 12.0 Å². The fraction of sp³-hybridized carbons (Fsp3) is 0.375. The molecule has 3 rings (SSSR count). The fourth-order valence-electron chi connectivity index (χ4n) is 2.83. The first-order valence-electron chi connectivity index (χ1n) is 7.25. The Balaban J connectivity index is 1.79. The summed E-state index contributed by atoms with van der Waals surface area (Å²) in [6, 6.07) is 7.69. The number of nitrogens with zero attached hydrogens (tertiary/aromatic N) is 3. The van der Waals surface area contributed by atoms with E-state index in [1.54, 1.807) is 7.05 Å². The number of likely N-dealkylation sites (N-methyl/N-ethyl adjacent to an activating group) is 1. The Morgan fingerprint density at radius 2 is 2.22 bits per heavy atom. The maximum Gasteiger partial charge on any atom is 0.319 e. The third-order valence-corrected chi connectivity index (χ3v) is 4.71. The van der Waals surface area contributed by atoms with Gasteiger partial charge in [-0.15, -0.1) is 0 Å². The molecule has 0 saturated heterocycles. The summed E-state index contributed by atoms with van der Waals surface area (Å²) < 4.78 is 27.5. The molecule has 122 valence electrons. The lowest BCUT2D eigenvalue weighted by Gasteiger charge is -2.24. The van der Waals surface area contributed by atoms with Gasteiger partial charge in [0.2, 0.25) is 5.91 Å². The topological polar surface area (TPSA) is 38.1 Å². The van der Waals surface area contributed by atoms with Crippen LogP contribution in [0.1, 0.15) is 30.8 Å². The molecule has 7 heteroatoms. The molecule has 0 aliphatic heterocycles. The molecule has 1 aliphatic carbocycles. The number of carbonyl (C=O) groups is 1. The molecule has 1 fully saturated rings. The van der Waals surface area contributed by atoms with Crippen LogP contribution in [0.5, 0.6) is 0 Å². The summed E-state index contributed by atoms with van der Waals surface area (Å²) in [5, 5.41) is 0. The Hall–Kier alpha value is -1.76. The third-order valence-electron chi connectivity index (χ3n) is 4.22. The minimum atomic E-state index is -2.66. The molecule has 1 aromatic carbocycles. The molecule has 1 amide bonds. The summed E-state index contributed by atoms with van der Waals surface area (Å²) in [7, 11) is 1.63. The number of benzene rings is 1. The van der Waals surface area contributed by atoms with Gasteiger partial charge in [-0.3, -0.25) is 9.36 Å². The van der Waals surface area contributed by atoms with Gasteiger partial charge in [-0.05, 0) is 30.5 Å². The summed E-state index contributed by atoms with van der Waals surface area (Å²) in [5.41, 5.74) is 0.432. The van der Waals surface area contributed by atoms with Crippen LogP contribution in [0.3, 0.4) is 0 Å². The second-order valence-electron chi connectivity index (χ2n) is 5.78. The fourth-order valence-corrected chi connectivity index (χ4v) is 3.23. The van der Waals surface area contributed by atoms with E-state index in [0.717, 1.165) is 27.4 Å². The summed E-state index contributed by atoms with van der Waals surface area (Å²) in [4.78, 5) is 18.2. The molecule has 0 unspecified atom stereocenters. The SMILES string of the molecule is CN(Cc1nccn1C(F)F)C(=O)C1(c2cccc(Br)c2)CC1. The van der Waals surface area contributed by atoms with Crippen molar-refractivity contribution in [2.24, 2.45) is 0 Å². The Morgan fingerprint density at radius 3 is 2.83 bits per heavy atom. The molecule has 0 N–H and O–H groups in total. The highest BCUT2D eigenvalue weighted by Gasteiger charge is 2.52. The lowest BCUT2D eigenvalue weighted by atomic mass is 9.94.